The van der Waals surface area contributed by atoms with Gasteiger partial charge in [-0.3, -0.25) is 9.80 Å². The van der Waals surface area contributed by atoms with E-state index in [1.165, 1.54) is 51.0 Å². The van der Waals surface area contributed by atoms with Crippen LogP contribution in [0.25, 0.3) is 0 Å². The Morgan fingerprint density at radius 1 is 1.21 bits per heavy atom. The molecule has 0 amide bonds. The molecule has 2 saturated heterocycles. The molecule has 3 rings (SSSR count). The van der Waals surface area contributed by atoms with E-state index in [1.807, 2.05) is 12.1 Å². The first-order valence-electron chi connectivity index (χ1n) is 7.23. The molecule has 19 heavy (non-hydrogen) atoms. The Hall–Kier alpha value is -0.770. The van der Waals surface area contributed by atoms with E-state index in [0.717, 1.165) is 12.6 Å². The lowest BCUT2D eigenvalue weighted by atomic mass is 9.99. The highest BCUT2D eigenvalue weighted by Crippen LogP contribution is 2.24. The Labute approximate surface area is 120 Å². The molecule has 4 heteroatoms. The summed E-state index contributed by atoms with van der Waals surface area (Å²) in [5, 5.41) is 0.675. The van der Waals surface area contributed by atoms with Gasteiger partial charge in [0.25, 0.3) is 0 Å². The van der Waals surface area contributed by atoms with Crippen LogP contribution in [-0.2, 0) is 6.54 Å². The highest BCUT2D eigenvalue weighted by molar-refractivity contribution is 6.33. The number of hydrogen-bond acceptors (Lipinski definition) is 3. The number of piperazine rings is 1. The van der Waals surface area contributed by atoms with Gasteiger partial charge in [0.2, 0.25) is 0 Å². The van der Waals surface area contributed by atoms with E-state index in [4.69, 9.17) is 17.3 Å². The average Bonchev–Trinajstić information content (AvgIpc) is 2.43. The zero-order valence-corrected chi connectivity index (χ0v) is 12.1. The molecule has 1 aromatic rings. The number of fused-ring (bicyclic) bond motifs is 1. The number of hydrogen-bond donors (Lipinski definition) is 1. The molecule has 0 bridgehead atoms. The van der Waals surface area contributed by atoms with Crippen LogP contribution in [0.4, 0.5) is 5.69 Å². The average molecular weight is 280 g/mol. The summed E-state index contributed by atoms with van der Waals surface area (Å²) in [7, 11) is 0. The third-order valence-electron chi connectivity index (χ3n) is 4.39. The lowest BCUT2D eigenvalue weighted by molar-refractivity contribution is 0.0457. The van der Waals surface area contributed by atoms with Crippen molar-refractivity contribution in [3.05, 3.63) is 28.8 Å². The third kappa shape index (κ3) is 3.04. The van der Waals surface area contributed by atoms with Crippen LogP contribution < -0.4 is 5.73 Å². The smallest absolute Gasteiger partial charge is 0.0638 e. The Bertz CT molecular complexity index is 449. The molecule has 3 nitrogen and oxygen atoms in total. The Kier molecular flexibility index (Phi) is 3.96. The summed E-state index contributed by atoms with van der Waals surface area (Å²) < 4.78 is 0. The number of piperidine rings is 1. The van der Waals surface area contributed by atoms with E-state index < -0.39 is 0 Å². The van der Waals surface area contributed by atoms with Crippen molar-refractivity contribution in [2.24, 2.45) is 0 Å². The summed E-state index contributed by atoms with van der Waals surface area (Å²) in [6.45, 7) is 5.87. The first kappa shape index (κ1) is 13.2. The molecule has 1 aromatic carbocycles. The minimum atomic E-state index is 0.669. The van der Waals surface area contributed by atoms with Gasteiger partial charge in [-0.2, -0.15) is 0 Å². The first-order chi connectivity index (χ1) is 9.22. The van der Waals surface area contributed by atoms with Crippen LogP contribution in [-0.4, -0.2) is 42.0 Å². The SMILES string of the molecule is Nc1ccc(CN2CCN3CCCCC3C2)cc1Cl. The second-order valence-electron chi connectivity index (χ2n) is 5.78. The van der Waals surface area contributed by atoms with E-state index in [-0.39, 0.29) is 0 Å². The van der Waals surface area contributed by atoms with Crippen LogP contribution in [0.1, 0.15) is 24.8 Å². The summed E-state index contributed by atoms with van der Waals surface area (Å²) >= 11 is 6.09. The molecule has 2 heterocycles. The van der Waals surface area contributed by atoms with Crippen LogP contribution in [0.2, 0.25) is 5.02 Å². The van der Waals surface area contributed by atoms with Gasteiger partial charge >= 0.3 is 0 Å². The van der Waals surface area contributed by atoms with E-state index in [2.05, 4.69) is 15.9 Å². The Morgan fingerprint density at radius 3 is 2.95 bits per heavy atom. The van der Waals surface area contributed by atoms with Crippen molar-refractivity contribution in [3.8, 4) is 0 Å². The fourth-order valence-electron chi connectivity index (χ4n) is 3.29. The van der Waals surface area contributed by atoms with E-state index in [0.29, 0.717) is 10.7 Å². The first-order valence-corrected chi connectivity index (χ1v) is 7.60. The second-order valence-corrected chi connectivity index (χ2v) is 6.18. The number of nitrogen functional groups attached to an aromatic ring is 1. The number of rotatable bonds is 2. The van der Waals surface area contributed by atoms with Gasteiger partial charge < -0.3 is 5.73 Å². The molecule has 2 N–H and O–H groups in total. The van der Waals surface area contributed by atoms with Crippen LogP contribution in [0.3, 0.4) is 0 Å². The zero-order chi connectivity index (χ0) is 13.2. The largest absolute Gasteiger partial charge is 0.398 e. The second kappa shape index (κ2) is 5.70. The maximum atomic E-state index is 6.09. The van der Waals surface area contributed by atoms with Crippen LogP contribution in [0.15, 0.2) is 18.2 Å². The number of halogens is 1. The number of anilines is 1. The summed E-state index contributed by atoms with van der Waals surface area (Å²) in [5.41, 5.74) is 7.69. The minimum absolute atomic E-state index is 0.669. The predicted molar refractivity (Wildman–Crippen MR) is 80.4 cm³/mol. The van der Waals surface area contributed by atoms with Crippen molar-refractivity contribution in [1.82, 2.24) is 9.80 Å². The van der Waals surface area contributed by atoms with Crippen molar-refractivity contribution in [2.75, 3.05) is 31.9 Å². The monoisotopic (exact) mass is 279 g/mol. The molecule has 104 valence electrons. The highest BCUT2D eigenvalue weighted by atomic mass is 35.5. The van der Waals surface area contributed by atoms with E-state index in [1.54, 1.807) is 0 Å². The lowest BCUT2D eigenvalue weighted by Gasteiger charge is -2.44. The van der Waals surface area contributed by atoms with Gasteiger partial charge in [0.15, 0.2) is 0 Å². The summed E-state index contributed by atoms with van der Waals surface area (Å²) in [5.74, 6) is 0. The normalized spacial score (nSPS) is 25.2. The van der Waals surface area contributed by atoms with Crippen molar-refractivity contribution in [1.29, 1.82) is 0 Å². The van der Waals surface area contributed by atoms with Crippen molar-refractivity contribution in [2.45, 2.75) is 31.8 Å². The van der Waals surface area contributed by atoms with Crippen molar-refractivity contribution in [3.63, 3.8) is 0 Å². The molecule has 1 atom stereocenters. The summed E-state index contributed by atoms with van der Waals surface area (Å²) in [6, 6.07) is 6.78. The number of nitrogens with two attached hydrogens (primary N) is 1. The van der Waals surface area contributed by atoms with E-state index >= 15 is 0 Å². The fraction of sp³-hybridized carbons (Fsp3) is 0.600. The maximum absolute atomic E-state index is 6.09. The molecule has 2 aliphatic rings. The van der Waals surface area contributed by atoms with Crippen LogP contribution >= 0.6 is 11.6 Å². The van der Waals surface area contributed by atoms with Crippen molar-refractivity contribution >= 4 is 17.3 Å². The number of nitrogens with zero attached hydrogens (tertiary/aromatic N) is 2. The molecule has 0 aromatic heterocycles. The lowest BCUT2D eigenvalue weighted by Crippen LogP contribution is -2.54. The van der Waals surface area contributed by atoms with Gasteiger partial charge in [-0.25, -0.2) is 0 Å². The molecule has 2 aliphatic heterocycles. The quantitative estimate of drug-likeness (QED) is 0.845. The van der Waals surface area contributed by atoms with E-state index in [9.17, 15) is 0 Å². The maximum Gasteiger partial charge on any atom is 0.0638 e. The minimum Gasteiger partial charge on any atom is -0.398 e. The summed E-state index contributed by atoms with van der Waals surface area (Å²) in [4.78, 5) is 5.21. The molecule has 0 radical (unpaired) electrons. The van der Waals surface area contributed by atoms with Gasteiger partial charge in [0.1, 0.15) is 0 Å². The predicted octanol–water partition coefficient (Wildman–Crippen LogP) is 2.59. The molecule has 0 saturated carbocycles. The van der Waals surface area contributed by atoms with Crippen molar-refractivity contribution < 1.29 is 0 Å². The number of benzene rings is 1. The van der Waals surface area contributed by atoms with Crippen LogP contribution in [0.5, 0.6) is 0 Å². The standard InChI is InChI=1S/C15H22ClN3/c16-14-9-12(4-5-15(14)17)10-18-7-8-19-6-2-1-3-13(19)11-18/h4-5,9,13H,1-3,6-8,10-11,17H2. The third-order valence-corrected chi connectivity index (χ3v) is 4.72. The van der Waals surface area contributed by atoms with Crippen LogP contribution in [0, 0.1) is 0 Å². The van der Waals surface area contributed by atoms with Gasteiger partial charge in [0.05, 0.1) is 10.7 Å². The Balaban J connectivity index is 1.62. The van der Waals surface area contributed by atoms with Gasteiger partial charge in [-0.05, 0) is 37.1 Å². The zero-order valence-electron chi connectivity index (χ0n) is 11.3. The molecular formula is C15H22ClN3. The molecule has 2 fully saturated rings. The molecule has 1 unspecified atom stereocenters. The Morgan fingerprint density at radius 2 is 2.11 bits per heavy atom. The highest BCUT2D eigenvalue weighted by Gasteiger charge is 2.28. The van der Waals surface area contributed by atoms with Gasteiger partial charge in [-0.15, -0.1) is 0 Å². The topological polar surface area (TPSA) is 32.5 Å². The fourth-order valence-corrected chi connectivity index (χ4v) is 3.49. The van der Waals surface area contributed by atoms with Gasteiger partial charge in [0, 0.05) is 32.2 Å². The molecule has 0 aliphatic carbocycles. The molecular weight excluding hydrogens is 258 g/mol. The molecule has 0 spiro atoms. The summed E-state index contributed by atoms with van der Waals surface area (Å²) in [6.07, 6.45) is 4.13. The van der Waals surface area contributed by atoms with Gasteiger partial charge in [-0.1, -0.05) is 24.1 Å².